The number of aromatic nitrogens is 2. The van der Waals surface area contributed by atoms with Crippen LogP contribution in [0.4, 0.5) is 0 Å². The van der Waals surface area contributed by atoms with Gasteiger partial charge in [-0.1, -0.05) is 19.0 Å². The van der Waals surface area contributed by atoms with Crippen LogP contribution in [-0.2, 0) is 20.9 Å². The number of hydrogen-bond acceptors (Lipinski definition) is 7. The molecule has 2 amide bonds. The summed E-state index contributed by atoms with van der Waals surface area (Å²) in [7, 11) is 0. The summed E-state index contributed by atoms with van der Waals surface area (Å²) >= 11 is 0. The molecule has 1 atom stereocenters. The van der Waals surface area contributed by atoms with Crippen molar-refractivity contribution in [3.63, 3.8) is 0 Å². The van der Waals surface area contributed by atoms with E-state index in [1.807, 2.05) is 18.7 Å². The molecule has 9 heteroatoms. The molecule has 150 valence electrons. The van der Waals surface area contributed by atoms with Gasteiger partial charge in [0.25, 0.3) is 0 Å². The maximum absolute atomic E-state index is 12.5. The lowest BCUT2D eigenvalue weighted by Crippen LogP contribution is -2.49. The number of morpholine rings is 1. The van der Waals surface area contributed by atoms with Crippen molar-refractivity contribution in [2.45, 2.75) is 39.2 Å². The van der Waals surface area contributed by atoms with Crippen LogP contribution in [0.15, 0.2) is 4.52 Å². The molecule has 2 fully saturated rings. The molecule has 2 saturated heterocycles. The second-order valence-corrected chi connectivity index (χ2v) is 7.45. The Bertz CT molecular complexity index is 641. The second-order valence-electron chi connectivity index (χ2n) is 7.45. The molecular weight excluding hydrogens is 350 g/mol. The molecule has 0 radical (unpaired) electrons. The number of hydrogen-bond donors (Lipinski definition) is 1. The van der Waals surface area contributed by atoms with Crippen LogP contribution in [0, 0.1) is 5.92 Å². The zero-order chi connectivity index (χ0) is 19.2. The highest BCUT2D eigenvalue weighted by Gasteiger charge is 2.30. The molecule has 9 nitrogen and oxygen atoms in total. The van der Waals surface area contributed by atoms with Crippen molar-refractivity contribution in [1.82, 2.24) is 25.3 Å². The molecule has 0 spiro atoms. The summed E-state index contributed by atoms with van der Waals surface area (Å²) in [6.07, 6.45) is 0.999. The van der Waals surface area contributed by atoms with Crippen LogP contribution in [0.1, 0.15) is 44.3 Å². The molecule has 0 aliphatic carbocycles. The van der Waals surface area contributed by atoms with Crippen molar-refractivity contribution in [3.05, 3.63) is 11.7 Å². The first-order valence-electron chi connectivity index (χ1n) is 9.71. The van der Waals surface area contributed by atoms with Gasteiger partial charge in [0.1, 0.15) is 0 Å². The molecule has 27 heavy (non-hydrogen) atoms. The van der Waals surface area contributed by atoms with Crippen LogP contribution < -0.4 is 5.32 Å². The predicted molar refractivity (Wildman–Crippen MR) is 96.8 cm³/mol. The fraction of sp³-hybridized carbons (Fsp3) is 0.778. The Morgan fingerprint density at radius 1 is 1.30 bits per heavy atom. The van der Waals surface area contributed by atoms with Crippen molar-refractivity contribution in [1.29, 1.82) is 0 Å². The number of amides is 2. The molecule has 0 unspecified atom stereocenters. The van der Waals surface area contributed by atoms with Crippen molar-refractivity contribution in [3.8, 4) is 0 Å². The van der Waals surface area contributed by atoms with Crippen molar-refractivity contribution < 1.29 is 18.8 Å². The SMILES string of the molecule is CC(C)c1noc(CNC(=O)[C@H]2CCC(=O)N(CCN3CCOCC3)C2)n1. The van der Waals surface area contributed by atoms with Gasteiger partial charge in [0.2, 0.25) is 17.7 Å². The summed E-state index contributed by atoms with van der Waals surface area (Å²) in [5, 5.41) is 6.75. The van der Waals surface area contributed by atoms with E-state index in [0.717, 1.165) is 32.8 Å². The largest absolute Gasteiger partial charge is 0.379 e. The number of carbonyl (C=O) groups is 2. The van der Waals surface area contributed by atoms with Gasteiger partial charge < -0.3 is 19.5 Å². The van der Waals surface area contributed by atoms with E-state index in [2.05, 4.69) is 20.4 Å². The zero-order valence-corrected chi connectivity index (χ0v) is 16.1. The van der Waals surface area contributed by atoms with E-state index in [1.54, 1.807) is 0 Å². The van der Waals surface area contributed by atoms with Crippen molar-refractivity contribution in [2.75, 3.05) is 45.9 Å². The molecule has 3 heterocycles. The van der Waals surface area contributed by atoms with E-state index in [-0.39, 0.29) is 30.2 Å². The lowest BCUT2D eigenvalue weighted by molar-refractivity contribution is -0.138. The molecular formula is C18H29N5O4. The molecule has 1 aromatic heterocycles. The maximum atomic E-state index is 12.5. The predicted octanol–water partition coefficient (Wildman–Crippen LogP) is 0.380. The van der Waals surface area contributed by atoms with E-state index in [0.29, 0.717) is 37.6 Å². The van der Waals surface area contributed by atoms with Crippen LogP contribution in [0.5, 0.6) is 0 Å². The summed E-state index contributed by atoms with van der Waals surface area (Å²) in [5.41, 5.74) is 0. The van der Waals surface area contributed by atoms with Gasteiger partial charge >= 0.3 is 0 Å². The number of likely N-dealkylation sites (tertiary alicyclic amines) is 1. The average molecular weight is 379 g/mol. The first-order chi connectivity index (χ1) is 13.0. The highest BCUT2D eigenvalue weighted by atomic mass is 16.5. The molecule has 1 aromatic rings. The first-order valence-corrected chi connectivity index (χ1v) is 9.71. The minimum absolute atomic E-state index is 0.0665. The average Bonchev–Trinajstić information content (AvgIpc) is 3.16. The van der Waals surface area contributed by atoms with Crippen LogP contribution >= 0.6 is 0 Å². The minimum atomic E-state index is -0.195. The summed E-state index contributed by atoms with van der Waals surface area (Å²) in [4.78, 5) is 33.1. The third kappa shape index (κ3) is 5.49. The molecule has 2 aliphatic heterocycles. The van der Waals surface area contributed by atoms with Crippen molar-refractivity contribution in [2.24, 2.45) is 5.92 Å². The van der Waals surface area contributed by atoms with E-state index in [4.69, 9.17) is 9.26 Å². The fourth-order valence-electron chi connectivity index (χ4n) is 3.31. The molecule has 2 aliphatic rings. The summed E-state index contributed by atoms with van der Waals surface area (Å²) in [6, 6.07) is 0. The molecule has 0 aromatic carbocycles. The number of nitrogens with one attached hydrogen (secondary N) is 1. The lowest BCUT2D eigenvalue weighted by atomic mass is 9.96. The van der Waals surface area contributed by atoms with E-state index < -0.39 is 0 Å². The van der Waals surface area contributed by atoms with Gasteiger partial charge in [-0.15, -0.1) is 0 Å². The molecule has 1 N–H and O–H groups in total. The normalized spacial score (nSPS) is 21.7. The Kier molecular flexibility index (Phi) is 6.78. The van der Waals surface area contributed by atoms with Gasteiger partial charge in [-0.2, -0.15) is 4.98 Å². The Morgan fingerprint density at radius 3 is 2.78 bits per heavy atom. The summed E-state index contributed by atoms with van der Waals surface area (Å²) in [6.45, 7) is 9.42. The number of nitrogens with zero attached hydrogens (tertiary/aromatic N) is 4. The second kappa shape index (κ2) is 9.27. The Morgan fingerprint density at radius 2 is 2.07 bits per heavy atom. The van der Waals surface area contributed by atoms with Crippen LogP contribution in [0.2, 0.25) is 0 Å². The van der Waals surface area contributed by atoms with Gasteiger partial charge in [-0.3, -0.25) is 14.5 Å². The third-order valence-electron chi connectivity index (χ3n) is 5.07. The molecule has 3 rings (SSSR count). The van der Waals surface area contributed by atoms with Gasteiger partial charge in [0, 0.05) is 45.1 Å². The third-order valence-corrected chi connectivity index (χ3v) is 5.07. The van der Waals surface area contributed by atoms with Gasteiger partial charge in [-0.25, -0.2) is 0 Å². The quantitative estimate of drug-likeness (QED) is 0.731. The standard InChI is InChI=1S/C18H29N5O4/c1-13(2)17-20-15(27-21-17)11-19-18(25)14-3-4-16(24)23(12-14)6-5-22-7-9-26-10-8-22/h13-14H,3-12H2,1-2H3,(H,19,25)/t14-/m0/s1. The number of piperidine rings is 1. The van der Waals surface area contributed by atoms with Gasteiger partial charge in [0.05, 0.1) is 25.7 Å². The van der Waals surface area contributed by atoms with Gasteiger partial charge in [-0.05, 0) is 6.42 Å². The number of rotatable bonds is 7. The van der Waals surface area contributed by atoms with E-state index in [1.165, 1.54) is 0 Å². The lowest BCUT2D eigenvalue weighted by Gasteiger charge is -2.34. The smallest absolute Gasteiger partial charge is 0.246 e. The fourth-order valence-corrected chi connectivity index (χ4v) is 3.31. The Labute approximate surface area is 159 Å². The molecule has 0 bridgehead atoms. The molecule has 0 saturated carbocycles. The van der Waals surface area contributed by atoms with E-state index in [9.17, 15) is 9.59 Å². The van der Waals surface area contributed by atoms with Crippen molar-refractivity contribution >= 4 is 11.8 Å². The van der Waals surface area contributed by atoms with E-state index >= 15 is 0 Å². The highest BCUT2D eigenvalue weighted by Crippen LogP contribution is 2.18. The summed E-state index contributed by atoms with van der Waals surface area (Å²) in [5.74, 6) is 1.09. The maximum Gasteiger partial charge on any atom is 0.246 e. The number of ether oxygens (including phenoxy) is 1. The minimum Gasteiger partial charge on any atom is -0.379 e. The summed E-state index contributed by atoms with van der Waals surface area (Å²) < 4.78 is 10.5. The highest BCUT2D eigenvalue weighted by molar-refractivity contribution is 5.83. The zero-order valence-electron chi connectivity index (χ0n) is 16.1. The van der Waals surface area contributed by atoms with Crippen LogP contribution in [0.3, 0.4) is 0 Å². The first kappa shape index (κ1) is 19.8. The topological polar surface area (TPSA) is 101 Å². The monoisotopic (exact) mass is 379 g/mol. The Balaban J connectivity index is 1.45. The van der Waals surface area contributed by atoms with Gasteiger partial charge in [0.15, 0.2) is 5.82 Å². The van der Waals surface area contributed by atoms with Crippen LogP contribution in [-0.4, -0.2) is 77.7 Å². The number of carbonyl (C=O) groups excluding carboxylic acids is 2. The van der Waals surface area contributed by atoms with Crippen LogP contribution in [0.25, 0.3) is 0 Å². The Hall–Kier alpha value is -2.00.